The molecule has 33 heavy (non-hydrogen) atoms. The monoisotopic (exact) mass is 527 g/mol. The van der Waals surface area contributed by atoms with E-state index in [1.54, 1.807) is 24.3 Å². The van der Waals surface area contributed by atoms with Crippen LogP contribution in [-0.4, -0.2) is 15.7 Å². The number of amides is 1. The molecule has 0 fully saturated rings. The molecular formula is C22H14Cl4FN3O3. The largest absolute Gasteiger partial charge is 0.483 e. The van der Waals surface area contributed by atoms with Crippen molar-refractivity contribution in [2.75, 3.05) is 5.32 Å². The molecule has 0 saturated heterocycles. The number of carbonyl (C=O) groups excluding carboxylic acids is 1. The molecule has 4 aromatic rings. The molecule has 4 rings (SSSR count). The minimum Gasteiger partial charge on any atom is -0.483 e. The fraction of sp³-hybridized carbons (Fsp3) is 0.0909. The molecule has 0 aliphatic carbocycles. The van der Waals surface area contributed by atoms with Gasteiger partial charge in [-0.2, -0.15) is 5.10 Å². The highest BCUT2D eigenvalue weighted by Crippen LogP contribution is 2.36. The molecule has 0 aliphatic rings. The maximum absolute atomic E-state index is 13.9. The van der Waals surface area contributed by atoms with E-state index in [1.165, 1.54) is 35.1 Å². The second-order valence-corrected chi connectivity index (χ2v) is 8.48. The van der Waals surface area contributed by atoms with Crippen LogP contribution in [0.3, 0.4) is 0 Å². The quantitative estimate of drug-likeness (QED) is 0.277. The van der Waals surface area contributed by atoms with Crippen molar-refractivity contribution >= 4 is 58.1 Å². The summed E-state index contributed by atoms with van der Waals surface area (Å²) in [5.74, 6) is -0.188. The molecule has 1 amide bonds. The zero-order valence-corrected chi connectivity index (χ0v) is 19.6. The first-order valence-electron chi connectivity index (χ1n) is 9.44. The Morgan fingerprint density at radius 3 is 2.52 bits per heavy atom. The number of benzene rings is 2. The number of rotatable bonds is 7. The minimum atomic E-state index is -0.568. The Hall–Kier alpha value is -2.71. The molecular weight excluding hydrogens is 515 g/mol. The summed E-state index contributed by atoms with van der Waals surface area (Å²) in [6, 6.07) is 12.4. The molecule has 2 aromatic heterocycles. The van der Waals surface area contributed by atoms with Crippen molar-refractivity contribution in [3.05, 3.63) is 97.7 Å². The normalized spacial score (nSPS) is 10.9. The molecule has 1 N–H and O–H groups in total. The molecule has 0 spiro atoms. The topological polar surface area (TPSA) is 69.3 Å². The molecule has 0 bridgehead atoms. The Bertz CT molecular complexity index is 1300. The highest BCUT2D eigenvalue weighted by Gasteiger charge is 2.17. The number of halogens is 5. The zero-order valence-electron chi connectivity index (χ0n) is 16.6. The van der Waals surface area contributed by atoms with Crippen LogP contribution in [0.5, 0.6) is 5.75 Å². The van der Waals surface area contributed by atoms with Crippen LogP contribution in [0.1, 0.15) is 21.9 Å². The van der Waals surface area contributed by atoms with Crippen LogP contribution in [0.4, 0.5) is 10.2 Å². The van der Waals surface area contributed by atoms with Crippen LogP contribution in [0, 0.1) is 5.82 Å². The van der Waals surface area contributed by atoms with Gasteiger partial charge in [0.15, 0.2) is 17.3 Å². The van der Waals surface area contributed by atoms with Crippen molar-refractivity contribution in [3.8, 4) is 5.75 Å². The summed E-state index contributed by atoms with van der Waals surface area (Å²) in [6.07, 6.45) is 1.49. The van der Waals surface area contributed by atoms with E-state index in [0.29, 0.717) is 16.3 Å². The van der Waals surface area contributed by atoms with Crippen LogP contribution in [0.25, 0.3) is 0 Å². The standard InChI is InChI=1S/C22H14Cl4FN3O3/c23-13-7-15(24)20(16(25)8-13)32-11-14-5-6-19(33-14)22(31)28-21-17(26)10-30(29-21)9-12-3-1-2-4-18(12)27/h1-8,10H,9,11H2,(H,28,29,31). The molecule has 0 atom stereocenters. The van der Waals surface area contributed by atoms with E-state index in [1.807, 2.05) is 0 Å². The summed E-state index contributed by atoms with van der Waals surface area (Å²) in [5, 5.41) is 7.84. The minimum absolute atomic E-state index is 0.0154. The number of hydrogen-bond acceptors (Lipinski definition) is 4. The summed E-state index contributed by atoms with van der Waals surface area (Å²) >= 11 is 24.2. The van der Waals surface area contributed by atoms with Crippen molar-refractivity contribution in [1.82, 2.24) is 9.78 Å². The molecule has 0 aliphatic heterocycles. The molecule has 0 unspecified atom stereocenters. The average Bonchev–Trinajstić information content (AvgIpc) is 3.36. The Balaban J connectivity index is 1.40. The smallest absolute Gasteiger partial charge is 0.292 e. The van der Waals surface area contributed by atoms with Gasteiger partial charge in [0.2, 0.25) is 0 Å². The lowest BCUT2D eigenvalue weighted by Gasteiger charge is -2.09. The fourth-order valence-corrected chi connectivity index (χ4v) is 4.04. The van der Waals surface area contributed by atoms with Crippen LogP contribution in [-0.2, 0) is 13.2 Å². The third-order valence-electron chi connectivity index (χ3n) is 4.45. The summed E-state index contributed by atoms with van der Waals surface area (Å²) in [7, 11) is 0. The Morgan fingerprint density at radius 2 is 1.79 bits per heavy atom. The van der Waals surface area contributed by atoms with Gasteiger partial charge in [0.1, 0.15) is 23.2 Å². The van der Waals surface area contributed by atoms with E-state index >= 15 is 0 Å². The Kier molecular flexibility index (Phi) is 7.14. The van der Waals surface area contributed by atoms with E-state index in [9.17, 15) is 9.18 Å². The second-order valence-electron chi connectivity index (χ2n) is 6.82. The Morgan fingerprint density at radius 1 is 1.06 bits per heavy atom. The van der Waals surface area contributed by atoms with E-state index < -0.39 is 5.91 Å². The lowest BCUT2D eigenvalue weighted by Crippen LogP contribution is -2.12. The van der Waals surface area contributed by atoms with Crippen LogP contribution < -0.4 is 10.1 Å². The highest BCUT2D eigenvalue weighted by molar-refractivity contribution is 6.40. The molecule has 0 saturated carbocycles. The first-order valence-corrected chi connectivity index (χ1v) is 10.9. The predicted molar refractivity (Wildman–Crippen MR) is 125 cm³/mol. The SMILES string of the molecule is O=C(Nc1nn(Cc2ccccc2F)cc1Cl)c1ccc(COc2c(Cl)cc(Cl)cc2Cl)o1. The lowest BCUT2D eigenvalue weighted by atomic mass is 10.2. The number of furan rings is 1. The van der Waals surface area contributed by atoms with Crippen molar-refractivity contribution in [2.45, 2.75) is 13.2 Å². The van der Waals surface area contributed by atoms with Crippen molar-refractivity contribution in [3.63, 3.8) is 0 Å². The number of carbonyl (C=O) groups is 1. The number of nitrogens with zero attached hydrogens (tertiary/aromatic N) is 2. The summed E-state index contributed by atoms with van der Waals surface area (Å²) in [5.41, 5.74) is 0.436. The van der Waals surface area contributed by atoms with E-state index in [0.717, 1.165) is 0 Å². The highest BCUT2D eigenvalue weighted by atomic mass is 35.5. The molecule has 0 radical (unpaired) electrons. The maximum atomic E-state index is 13.9. The number of nitrogens with one attached hydrogen (secondary N) is 1. The lowest BCUT2D eigenvalue weighted by molar-refractivity contribution is 0.0992. The van der Waals surface area contributed by atoms with Gasteiger partial charge in [-0.3, -0.25) is 9.48 Å². The third kappa shape index (κ3) is 5.62. The van der Waals surface area contributed by atoms with Gasteiger partial charge >= 0.3 is 0 Å². The first kappa shape index (κ1) is 23.4. The van der Waals surface area contributed by atoms with Gasteiger partial charge in [0, 0.05) is 16.8 Å². The van der Waals surface area contributed by atoms with E-state index in [-0.39, 0.29) is 51.4 Å². The van der Waals surface area contributed by atoms with Gasteiger partial charge in [0.05, 0.1) is 16.6 Å². The number of anilines is 1. The fourth-order valence-electron chi connectivity index (χ4n) is 2.92. The predicted octanol–water partition coefficient (Wildman–Crippen LogP) is 7.11. The second kappa shape index (κ2) is 10.1. The third-order valence-corrected chi connectivity index (χ3v) is 5.50. The van der Waals surface area contributed by atoms with Crippen molar-refractivity contribution < 1.29 is 18.3 Å². The van der Waals surface area contributed by atoms with Crippen molar-refractivity contribution in [1.29, 1.82) is 0 Å². The Labute approximate surface area is 207 Å². The summed E-state index contributed by atoms with van der Waals surface area (Å²) < 4.78 is 26.4. The van der Waals surface area contributed by atoms with Crippen LogP contribution in [0.15, 0.2) is 59.1 Å². The van der Waals surface area contributed by atoms with Crippen molar-refractivity contribution in [2.24, 2.45) is 0 Å². The number of hydrogen-bond donors (Lipinski definition) is 1. The molecule has 6 nitrogen and oxygen atoms in total. The summed E-state index contributed by atoms with van der Waals surface area (Å²) in [4.78, 5) is 12.6. The first-order chi connectivity index (χ1) is 15.8. The number of ether oxygens (including phenoxy) is 1. The van der Waals surface area contributed by atoms with Gasteiger partial charge in [-0.05, 0) is 30.3 Å². The van der Waals surface area contributed by atoms with E-state index in [4.69, 9.17) is 55.6 Å². The maximum Gasteiger partial charge on any atom is 0.292 e. The van der Waals surface area contributed by atoms with E-state index in [2.05, 4.69) is 10.4 Å². The number of aromatic nitrogens is 2. The summed E-state index contributed by atoms with van der Waals surface area (Å²) in [6.45, 7) is 0.132. The molecule has 11 heteroatoms. The average molecular weight is 529 g/mol. The molecule has 2 heterocycles. The van der Waals surface area contributed by atoms with Gasteiger partial charge in [-0.25, -0.2) is 4.39 Å². The van der Waals surface area contributed by atoms with Gasteiger partial charge in [0.25, 0.3) is 5.91 Å². The van der Waals surface area contributed by atoms with Crippen LogP contribution >= 0.6 is 46.4 Å². The van der Waals surface area contributed by atoms with Gasteiger partial charge in [-0.1, -0.05) is 64.6 Å². The van der Waals surface area contributed by atoms with Gasteiger partial charge in [-0.15, -0.1) is 0 Å². The molecule has 2 aromatic carbocycles. The molecule has 170 valence electrons. The van der Waals surface area contributed by atoms with Crippen LogP contribution in [0.2, 0.25) is 20.1 Å². The van der Waals surface area contributed by atoms with Gasteiger partial charge < -0.3 is 14.5 Å². The zero-order chi connectivity index (χ0) is 23.5.